The predicted molar refractivity (Wildman–Crippen MR) is 103 cm³/mol. The molecule has 1 fully saturated rings. The van der Waals surface area contributed by atoms with Gasteiger partial charge < -0.3 is 15.0 Å². The van der Waals surface area contributed by atoms with Gasteiger partial charge in [-0.2, -0.15) is 0 Å². The number of nitrogens with one attached hydrogen (secondary N) is 1. The Kier molecular flexibility index (Phi) is 5.18. The van der Waals surface area contributed by atoms with Gasteiger partial charge in [0.1, 0.15) is 5.75 Å². The number of hydrogen-bond acceptors (Lipinski definition) is 3. The Hall–Kier alpha value is -2.53. The van der Waals surface area contributed by atoms with E-state index in [2.05, 4.69) is 5.32 Å². The lowest BCUT2D eigenvalue weighted by Gasteiger charge is -2.19. The molecule has 1 saturated heterocycles. The number of halogens is 1. The molecule has 3 rings (SSSR count). The van der Waals surface area contributed by atoms with E-state index in [-0.39, 0.29) is 18.2 Å². The molecule has 1 heterocycles. The molecule has 0 spiro atoms. The number of benzene rings is 2. The fourth-order valence-electron chi connectivity index (χ4n) is 3.11. The van der Waals surface area contributed by atoms with Crippen LogP contribution in [-0.4, -0.2) is 25.5 Å². The Bertz CT molecular complexity index is 866. The lowest BCUT2D eigenvalue weighted by Crippen LogP contribution is -2.28. The highest BCUT2D eigenvalue weighted by atomic mass is 35.5. The summed E-state index contributed by atoms with van der Waals surface area (Å²) in [5, 5.41) is 3.26. The minimum atomic E-state index is -0.400. The maximum atomic E-state index is 12.6. The van der Waals surface area contributed by atoms with Crippen molar-refractivity contribution in [2.75, 3.05) is 23.9 Å². The van der Waals surface area contributed by atoms with Crippen molar-refractivity contribution in [3.63, 3.8) is 0 Å². The largest absolute Gasteiger partial charge is 0.495 e. The zero-order valence-corrected chi connectivity index (χ0v) is 15.8. The molecule has 1 aliphatic heterocycles. The molecule has 0 bridgehead atoms. The first-order chi connectivity index (χ1) is 12.4. The minimum Gasteiger partial charge on any atom is -0.495 e. The van der Waals surface area contributed by atoms with Crippen molar-refractivity contribution in [2.24, 2.45) is 5.92 Å². The second-order valence-electron chi connectivity index (χ2n) is 6.53. The van der Waals surface area contributed by atoms with Gasteiger partial charge >= 0.3 is 0 Å². The zero-order valence-electron chi connectivity index (χ0n) is 15.0. The van der Waals surface area contributed by atoms with Gasteiger partial charge in [0, 0.05) is 24.3 Å². The van der Waals surface area contributed by atoms with Crippen LogP contribution in [0.5, 0.6) is 5.75 Å². The van der Waals surface area contributed by atoms with Gasteiger partial charge in [0.15, 0.2) is 0 Å². The first-order valence-corrected chi connectivity index (χ1v) is 8.79. The topological polar surface area (TPSA) is 58.6 Å². The summed E-state index contributed by atoms with van der Waals surface area (Å²) in [4.78, 5) is 26.7. The number of carbonyl (C=O) groups excluding carboxylic acids is 2. The molecular weight excluding hydrogens is 352 g/mol. The van der Waals surface area contributed by atoms with Crippen LogP contribution in [0.25, 0.3) is 0 Å². The van der Waals surface area contributed by atoms with Crippen LogP contribution in [0.3, 0.4) is 0 Å². The Labute approximate surface area is 157 Å². The summed E-state index contributed by atoms with van der Waals surface area (Å²) in [7, 11) is 1.53. The molecule has 1 atom stereocenters. The van der Waals surface area contributed by atoms with Crippen molar-refractivity contribution in [2.45, 2.75) is 20.3 Å². The van der Waals surface area contributed by atoms with Crippen molar-refractivity contribution in [1.29, 1.82) is 0 Å². The quantitative estimate of drug-likeness (QED) is 0.883. The number of aryl methyl sites for hydroxylation is 2. The van der Waals surface area contributed by atoms with Crippen molar-refractivity contribution < 1.29 is 14.3 Å². The van der Waals surface area contributed by atoms with Gasteiger partial charge in [-0.25, -0.2) is 0 Å². The monoisotopic (exact) mass is 372 g/mol. The molecular formula is C20H21ClN2O3. The molecule has 6 heteroatoms. The predicted octanol–water partition coefficient (Wildman–Crippen LogP) is 3.96. The standard InChI is InChI=1S/C20H21ClN2O3/c1-12-4-5-13(2)17(8-12)23-11-14(9-19(23)24)20(25)22-15-6-7-18(26-3)16(21)10-15/h4-8,10,14H,9,11H2,1-3H3,(H,22,25). The van der Waals surface area contributed by atoms with E-state index in [9.17, 15) is 9.59 Å². The molecule has 1 unspecified atom stereocenters. The summed E-state index contributed by atoms with van der Waals surface area (Å²) in [6, 6.07) is 11.0. The molecule has 2 amide bonds. The molecule has 26 heavy (non-hydrogen) atoms. The van der Waals surface area contributed by atoms with Gasteiger partial charge in [-0.15, -0.1) is 0 Å². The van der Waals surface area contributed by atoms with E-state index in [4.69, 9.17) is 16.3 Å². The first kappa shape index (κ1) is 18.3. The third kappa shape index (κ3) is 3.68. The van der Waals surface area contributed by atoms with Crippen molar-refractivity contribution in [3.8, 4) is 5.75 Å². The summed E-state index contributed by atoms with van der Waals surface area (Å²) in [6.07, 6.45) is 0.198. The molecule has 5 nitrogen and oxygen atoms in total. The molecule has 136 valence electrons. The third-order valence-corrected chi connectivity index (χ3v) is 4.87. The van der Waals surface area contributed by atoms with Crippen LogP contribution in [0.1, 0.15) is 17.5 Å². The Morgan fingerprint density at radius 1 is 1.23 bits per heavy atom. The number of carbonyl (C=O) groups is 2. The van der Waals surface area contributed by atoms with E-state index >= 15 is 0 Å². The average molecular weight is 373 g/mol. The van der Waals surface area contributed by atoms with Crippen molar-refractivity contribution in [1.82, 2.24) is 0 Å². The van der Waals surface area contributed by atoms with Crippen LogP contribution in [0, 0.1) is 19.8 Å². The van der Waals surface area contributed by atoms with E-state index in [0.29, 0.717) is 23.0 Å². The number of anilines is 2. The molecule has 2 aromatic rings. The number of amides is 2. The molecule has 0 aliphatic carbocycles. The number of ether oxygens (including phenoxy) is 1. The smallest absolute Gasteiger partial charge is 0.229 e. The summed E-state index contributed by atoms with van der Waals surface area (Å²) in [5.74, 6) is -0.0795. The third-order valence-electron chi connectivity index (χ3n) is 4.57. The van der Waals surface area contributed by atoms with Gasteiger partial charge in [-0.05, 0) is 49.2 Å². The average Bonchev–Trinajstić information content (AvgIpc) is 2.99. The lowest BCUT2D eigenvalue weighted by atomic mass is 10.1. The highest BCUT2D eigenvalue weighted by Crippen LogP contribution is 2.31. The van der Waals surface area contributed by atoms with Gasteiger partial charge in [0.25, 0.3) is 0 Å². The second-order valence-corrected chi connectivity index (χ2v) is 6.94. The van der Waals surface area contributed by atoms with E-state index in [1.807, 2.05) is 32.0 Å². The molecule has 0 saturated carbocycles. The van der Waals surface area contributed by atoms with Gasteiger partial charge in [0.05, 0.1) is 18.1 Å². The van der Waals surface area contributed by atoms with E-state index in [0.717, 1.165) is 16.8 Å². The molecule has 1 aliphatic rings. The molecule has 1 N–H and O–H groups in total. The maximum Gasteiger partial charge on any atom is 0.229 e. The number of methoxy groups -OCH3 is 1. The van der Waals surface area contributed by atoms with Crippen LogP contribution in [0.15, 0.2) is 36.4 Å². The number of rotatable bonds is 4. The van der Waals surface area contributed by atoms with Crippen molar-refractivity contribution in [3.05, 3.63) is 52.5 Å². The second kappa shape index (κ2) is 7.38. The SMILES string of the molecule is COc1ccc(NC(=O)C2CC(=O)N(c3cc(C)ccc3C)C2)cc1Cl. The van der Waals surface area contributed by atoms with E-state index in [1.54, 1.807) is 23.1 Å². The van der Waals surface area contributed by atoms with E-state index in [1.165, 1.54) is 7.11 Å². The van der Waals surface area contributed by atoms with Gasteiger partial charge in [-0.3, -0.25) is 9.59 Å². The number of nitrogens with zero attached hydrogens (tertiary/aromatic N) is 1. The first-order valence-electron chi connectivity index (χ1n) is 8.41. The summed E-state index contributed by atoms with van der Waals surface area (Å²) < 4.78 is 5.11. The normalized spacial score (nSPS) is 16.7. The van der Waals surface area contributed by atoms with Gasteiger partial charge in [0.2, 0.25) is 11.8 Å². The fourth-order valence-corrected chi connectivity index (χ4v) is 3.37. The van der Waals surface area contributed by atoms with Crippen LogP contribution in [-0.2, 0) is 9.59 Å². The highest BCUT2D eigenvalue weighted by Gasteiger charge is 2.35. The molecule has 0 aromatic heterocycles. The minimum absolute atomic E-state index is 0.0355. The number of hydrogen-bond donors (Lipinski definition) is 1. The highest BCUT2D eigenvalue weighted by molar-refractivity contribution is 6.32. The van der Waals surface area contributed by atoms with Crippen LogP contribution < -0.4 is 15.0 Å². The van der Waals surface area contributed by atoms with Crippen molar-refractivity contribution >= 4 is 34.8 Å². The Balaban J connectivity index is 1.73. The summed E-state index contributed by atoms with van der Waals surface area (Å²) in [6.45, 7) is 4.33. The Morgan fingerprint density at radius 2 is 2.00 bits per heavy atom. The van der Waals surface area contributed by atoms with E-state index < -0.39 is 5.92 Å². The van der Waals surface area contributed by atoms with Gasteiger partial charge in [-0.1, -0.05) is 23.7 Å². The van der Waals surface area contributed by atoms with Crippen LogP contribution >= 0.6 is 11.6 Å². The summed E-state index contributed by atoms with van der Waals surface area (Å²) in [5.41, 5.74) is 3.56. The zero-order chi connectivity index (χ0) is 18.8. The Morgan fingerprint density at radius 3 is 2.69 bits per heavy atom. The summed E-state index contributed by atoms with van der Waals surface area (Å²) >= 11 is 6.09. The maximum absolute atomic E-state index is 12.6. The fraction of sp³-hybridized carbons (Fsp3) is 0.300. The van der Waals surface area contributed by atoms with Crippen LogP contribution in [0.4, 0.5) is 11.4 Å². The molecule has 2 aromatic carbocycles. The lowest BCUT2D eigenvalue weighted by molar-refractivity contribution is -0.122. The van der Waals surface area contributed by atoms with Crippen LogP contribution in [0.2, 0.25) is 5.02 Å². The molecule has 0 radical (unpaired) electrons.